The maximum absolute atomic E-state index is 12.8. The maximum Gasteiger partial charge on any atom is 0.317 e. The summed E-state index contributed by atoms with van der Waals surface area (Å²) in [7, 11) is 1.93. The Kier molecular flexibility index (Phi) is 7.39. The SMILES string of the molecule is CC1CCCC(N(C)C(=O)NCC(c2ccccc2Cl)N2CCOCC2)C1. The van der Waals surface area contributed by atoms with E-state index in [1.165, 1.54) is 12.8 Å². The molecular formula is C21H32ClN3O2. The summed E-state index contributed by atoms with van der Waals surface area (Å²) >= 11 is 6.47. The second-order valence-electron chi connectivity index (χ2n) is 7.91. The van der Waals surface area contributed by atoms with Crippen molar-refractivity contribution >= 4 is 17.6 Å². The molecule has 1 heterocycles. The molecule has 3 unspecified atom stereocenters. The van der Waals surface area contributed by atoms with Crippen LogP contribution >= 0.6 is 11.6 Å². The van der Waals surface area contributed by atoms with Gasteiger partial charge in [0, 0.05) is 37.7 Å². The molecule has 0 aromatic heterocycles. The molecule has 1 aromatic rings. The Bertz CT molecular complexity index is 621. The fourth-order valence-corrected chi connectivity index (χ4v) is 4.56. The summed E-state index contributed by atoms with van der Waals surface area (Å²) in [5.41, 5.74) is 1.07. The Hall–Kier alpha value is -1.30. The van der Waals surface area contributed by atoms with Crippen molar-refractivity contribution in [2.24, 2.45) is 5.92 Å². The molecule has 3 rings (SSSR count). The number of benzene rings is 1. The Morgan fingerprint density at radius 3 is 2.78 bits per heavy atom. The first-order chi connectivity index (χ1) is 13.1. The van der Waals surface area contributed by atoms with Crippen LogP contribution in [0.3, 0.4) is 0 Å². The Labute approximate surface area is 168 Å². The Balaban J connectivity index is 1.65. The lowest BCUT2D eigenvalue weighted by Gasteiger charge is -2.37. The molecule has 0 bridgehead atoms. The molecule has 1 N–H and O–H groups in total. The summed E-state index contributed by atoms with van der Waals surface area (Å²) in [6.45, 7) is 5.96. The minimum Gasteiger partial charge on any atom is -0.379 e. The Morgan fingerprint density at radius 1 is 1.33 bits per heavy atom. The molecule has 2 aliphatic rings. The van der Waals surface area contributed by atoms with Gasteiger partial charge in [0.2, 0.25) is 0 Å². The van der Waals surface area contributed by atoms with Crippen LogP contribution in [0.25, 0.3) is 0 Å². The van der Waals surface area contributed by atoms with E-state index in [4.69, 9.17) is 16.3 Å². The number of carbonyl (C=O) groups excluding carboxylic acids is 1. The van der Waals surface area contributed by atoms with Crippen molar-refractivity contribution in [3.8, 4) is 0 Å². The fraction of sp³-hybridized carbons (Fsp3) is 0.667. The van der Waals surface area contributed by atoms with Crippen molar-refractivity contribution in [1.82, 2.24) is 15.1 Å². The summed E-state index contributed by atoms with van der Waals surface area (Å²) < 4.78 is 5.50. The largest absolute Gasteiger partial charge is 0.379 e. The van der Waals surface area contributed by atoms with Crippen LogP contribution < -0.4 is 5.32 Å². The van der Waals surface area contributed by atoms with Crippen LogP contribution in [0, 0.1) is 5.92 Å². The van der Waals surface area contributed by atoms with Gasteiger partial charge in [-0.3, -0.25) is 4.90 Å². The summed E-state index contributed by atoms with van der Waals surface area (Å²) in [4.78, 5) is 17.0. The quantitative estimate of drug-likeness (QED) is 0.824. The zero-order valence-corrected chi connectivity index (χ0v) is 17.3. The van der Waals surface area contributed by atoms with Gasteiger partial charge in [0.05, 0.1) is 19.3 Å². The number of hydrogen-bond donors (Lipinski definition) is 1. The van der Waals surface area contributed by atoms with Gasteiger partial charge in [-0.1, -0.05) is 49.6 Å². The van der Waals surface area contributed by atoms with Crippen LogP contribution in [0.1, 0.15) is 44.2 Å². The molecule has 0 radical (unpaired) electrons. The van der Waals surface area contributed by atoms with Gasteiger partial charge in [-0.2, -0.15) is 0 Å². The molecule has 6 heteroatoms. The molecule has 27 heavy (non-hydrogen) atoms. The predicted molar refractivity (Wildman–Crippen MR) is 109 cm³/mol. The number of carbonyl (C=O) groups is 1. The summed E-state index contributed by atoms with van der Waals surface area (Å²) in [6, 6.07) is 8.34. The van der Waals surface area contributed by atoms with Crippen LogP contribution in [0.5, 0.6) is 0 Å². The van der Waals surface area contributed by atoms with Gasteiger partial charge in [-0.25, -0.2) is 4.79 Å². The molecule has 1 aliphatic heterocycles. The number of morpholine rings is 1. The topological polar surface area (TPSA) is 44.8 Å². The highest BCUT2D eigenvalue weighted by molar-refractivity contribution is 6.31. The third-order valence-corrected chi connectivity index (χ3v) is 6.32. The fourth-order valence-electron chi connectivity index (χ4n) is 4.30. The summed E-state index contributed by atoms with van der Waals surface area (Å²) in [6.07, 6.45) is 4.68. The molecule has 150 valence electrons. The molecule has 3 atom stereocenters. The highest BCUT2D eigenvalue weighted by Crippen LogP contribution is 2.29. The second-order valence-corrected chi connectivity index (χ2v) is 8.32. The predicted octanol–water partition coefficient (Wildman–Crippen LogP) is 3.93. The van der Waals surface area contributed by atoms with E-state index in [-0.39, 0.29) is 12.1 Å². The first-order valence-corrected chi connectivity index (χ1v) is 10.5. The molecule has 2 fully saturated rings. The number of hydrogen-bond acceptors (Lipinski definition) is 3. The number of rotatable bonds is 5. The zero-order valence-electron chi connectivity index (χ0n) is 16.5. The maximum atomic E-state index is 12.8. The first kappa shape index (κ1) is 20.4. The van der Waals surface area contributed by atoms with E-state index >= 15 is 0 Å². The average Bonchev–Trinajstić information content (AvgIpc) is 2.69. The number of urea groups is 1. The molecule has 1 saturated heterocycles. The van der Waals surface area contributed by atoms with Gasteiger partial charge in [0.15, 0.2) is 0 Å². The van der Waals surface area contributed by atoms with Crippen LogP contribution in [0.4, 0.5) is 4.79 Å². The van der Waals surface area contributed by atoms with Gasteiger partial charge in [-0.15, -0.1) is 0 Å². The molecule has 5 nitrogen and oxygen atoms in total. The third-order valence-electron chi connectivity index (χ3n) is 5.97. The Morgan fingerprint density at radius 2 is 2.07 bits per heavy atom. The van der Waals surface area contributed by atoms with Crippen LogP contribution in [0.15, 0.2) is 24.3 Å². The number of nitrogens with zero attached hydrogens (tertiary/aromatic N) is 2. The van der Waals surface area contributed by atoms with Crippen molar-refractivity contribution in [1.29, 1.82) is 0 Å². The van der Waals surface area contributed by atoms with Crippen molar-refractivity contribution in [3.05, 3.63) is 34.9 Å². The third kappa shape index (κ3) is 5.37. The van der Waals surface area contributed by atoms with Crippen LogP contribution in [0.2, 0.25) is 5.02 Å². The smallest absolute Gasteiger partial charge is 0.317 e. The summed E-state index contributed by atoms with van der Waals surface area (Å²) in [5.74, 6) is 0.697. The molecule has 1 saturated carbocycles. The molecular weight excluding hydrogens is 362 g/mol. The van der Waals surface area contributed by atoms with E-state index in [0.29, 0.717) is 18.5 Å². The minimum atomic E-state index is 0.0133. The van der Waals surface area contributed by atoms with E-state index in [9.17, 15) is 4.79 Å². The number of halogens is 1. The first-order valence-electron chi connectivity index (χ1n) is 10.1. The van der Waals surface area contributed by atoms with E-state index < -0.39 is 0 Å². The van der Waals surface area contributed by atoms with Crippen molar-refractivity contribution in [3.63, 3.8) is 0 Å². The highest BCUT2D eigenvalue weighted by Gasteiger charge is 2.28. The minimum absolute atomic E-state index is 0.0133. The number of ether oxygens (including phenoxy) is 1. The van der Waals surface area contributed by atoms with Gasteiger partial charge >= 0.3 is 6.03 Å². The van der Waals surface area contributed by atoms with Crippen LogP contribution in [-0.2, 0) is 4.74 Å². The molecule has 1 aliphatic carbocycles. The zero-order chi connectivity index (χ0) is 19.2. The molecule has 0 spiro atoms. The van der Waals surface area contributed by atoms with Gasteiger partial charge in [0.25, 0.3) is 0 Å². The standard InChI is InChI=1S/C21H32ClN3O2/c1-16-6-5-7-17(14-16)24(2)21(26)23-15-20(25-10-12-27-13-11-25)18-8-3-4-9-19(18)22/h3-4,8-9,16-17,20H,5-7,10-15H2,1-2H3,(H,23,26). The van der Waals surface area contributed by atoms with Gasteiger partial charge in [-0.05, 0) is 30.4 Å². The molecule has 1 aromatic carbocycles. The monoisotopic (exact) mass is 393 g/mol. The molecule has 2 amide bonds. The number of amides is 2. The lowest BCUT2D eigenvalue weighted by Crippen LogP contribution is -2.49. The van der Waals surface area contributed by atoms with E-state index in [0.717, 1.165) is 49.7 Å². The van der Waals surface area contributed by atoms with E-state index in [2.05, 4.69) is 23.2 Å². The van der Waals surface area contributed by atoms with E-state index in [1.54, 1.807) is 0 Å². The van der Waals surface area contributed by atoms with Crippen molar-refractivity contribution in [2.45, 2.75) is 44.7 Å². The average molecular weight is 394 g/mol. The van der Waals surface area contributed by atoms with Crippen molar-refractivity contribution < 1.29 is 9.53 Å². The summed E-state index contributed by atoms with van der Waals surface area (Å²) in [5, 5.41) is 3.91. The van der Waals surface area contributed by atoms with Crippen LogP contribution in [-0.4, -0.2) is 61.8 Å². The lowest BCUT2D eigenvalue weighted by molar-refractivity contribution is 0.0164. The normalized spacial score (nSPS) is 25.0. The second kappa shape index (κ2) is 9.76. The van der Waals surface area contributed by atoms with Crippen molar-refractivity contribution in [2.75, 3.05) is 39.9 Å². The van der Waals surface area contributed by atoms with E-state index in [1.807, 2.05) is 30.1 Å². The lowest BCUT2D eigenvalue weighted by atomic mass is 9.86. The highest BCUT2D eigenvalue weighted by atomic mass is 35.5. The van der Waals surface area contributed by atoms with Gasteiger partial charge < -0.3 is 15.0 Å². The van der Waals surface area contributed by atoms with Gasteiger partial charge in [0.1, 0.15) is 0 Å². The number of nitrogens with one attached hydrogen (secondary N) is 1.